The Bertz CT molecular complexity index is 852. The van der Waals surface area contributed by atoms with Gasteiger partial charge in [0.25, 0.3) is 10.0 Å². The van der Waals surface area contributed by atoms with E-state index in [-0.39, 0.29) is 26.2 Å². The number of hydrogen-bond donors (Lipinski definition) is 2. The van der Waals surface area contributed by atoms with Gasteiger partial charge in [0.1, 0.15) is 0 Å². The third kappa shape index (κ3) is 3.64. The van der Waals surface area contributed by atoms with E-state index in [1.165, 1.54) is 30.3 Å². The fourth-order valence-corrected chi connectivity index (χ4v) is 3.43. The van der Waals surface area contributed by atoms with Gasteiger partial charge in [0, 0.05) is 5.02 Å². The third-order valence-corrected chi connectivity index (χ3v) is 4.89. The Labute approximate surface area is 141 Å². The molecular formula is C13H8Cl3NO4S. The lowest BCUT2D eigenvalue weighted by Crippen LogP contribution is -2.14. The van der Waals surface area contributed by atoms with Gasteiger partial charge in [-0.3, -0.25) is 4.72 Å². The van der Waals surface area contributed by atoms with Crippen LogP contribution in [0.25, 0.3) is 0 Å². The highest BCUT2D eigenvalue weighted by Crippen LogP contribution is 2.28. The van der Waals surface area contributed by atoms with E-state index >= 15 is 0 Å². The summed E-state index contributed by atoms with van der Waals surface area (Å²) >= 11 is 17.4. The Morgan fingerprint density at radius 3 is 2.27 bits per heavy atom. The second kappa shape index (κ2) is 6.34. The Morgan fingerprint density at radius 1 is 1.00 bits per heavy atom. The molecule has 9 heteroatoms. The SMILES string of the molecule is O=C(O)c1cc(S(=O)(=O)Nc2ccc(Cl)cc2Cl)ccc1Cl. The van der Waals surface area contributed by atoms with Crippen molar-refractivity contribution in [1.82, 2.24) is 0 Å². The minimum absolute atomic E-state index is 0.0593. The number of hydrogen-bond acceptors (Lipinski definition) is 3. The number of carboxylic acids is 1. The van der Waals surface area contributed by atoms with Gasteiger partial charge in [-0.25, -0.2) is 13.2 Å². The maximum atomic E-state index is 12.3. The number of nitrogens with one attached hydrogen (secondary N) is 1. The van der Waals surface area contributed by atoms with E-state index in [0.29, 0.717) is 5.02 Å². The van der Waals surface area contributed by atoms with E-state index in [2.05, 4.69) is 4.72 Å². The predicted octanol–water partition coefficient (Wildman–Crippen LogP) is 4.15. The van der Waals surface area contributed by atoms with Crippen molar-refractivity contribution < 1.29 is 18.3 Å². The lowest BCUT2D eigenvalue weighted by atomic mass is 10.2. The number of carboxylic acid groups (broad SMARTS) is 1. The number of anilines is 1. The molecule has 2 aromatic rings. The topological polar surface area (TPSA) is 83.5 Å². The van der Waals surface area contributed by atoms with Crippen LogP contribution in [0.5, 0.6) is 0 Å². The number of sulfonamides is 1. The van der Waals surface area contributed by atoms with Crippen LogP contribution in [0.2, 0.25) is 15.1 Å². The van der Waals surface area contributed by atoms with Crippen molar-refractivity contribution in [3.05, 3.63) is 57.0 Å². The normalized spacial score (nSPS) is 11.2. The van der Waals surface area contributed by atoms with Gasteiger partial charge >= 0.3 is 5.97 Å². The van der Waals surface area contributed by atoms with Gasteiger partial charge < -0.3 is 5.11 Å². The van der Waals surface area contributed by atoms with Crippen LogP contribution in [0.1, 0.15) is 10.4 Å². The molecule has 0 bridgehead atoms. The first-order chi connectivity index (χ1) is 10.2. The van der Waals surface area contributed by atoms with Crippen molar-refractivity contribution in [1.29, 1.82) is 0 Å². The average Bonchev–Trinajstić information content (AvgIpc) is 2.42. The largest absolute Gasteiger partial charge is 0.478 e. The third-order valence-electron chi connectivity index (χ3n) is 2.65. The van der Waals surface area contributed by atoms with Gasteiger partial charge in [0.15, 0.2) is 0 Å². The predicted molar refractivity (Wildman–Crippen MR) is 85.7 cm³/mol. The summed E-state index contributed by atoms with van der Waals surface area (Å²) in [6.45, 7) is 0. The van der Waals surface area contributed by atoms with E-state index in [1.807, 2.05) is 0 Å². The minimum atomic E-state index is -4.02. The summed E-state index contributed by atoms with van der Waals surface area (Å²) in [6, 6.07) is 7.61. The Kier molecular flexibility index (Phi) is 4.87. The summed E-state index contributed by atoms with van der Waals surface area (Å²) in [6.07, 6.45) is 0. The van der Waals surface area contributed by atoms with E-state index < -0.39 is 16.0 Å². The smallest absolute Gasteiger partial charge is 0.337 e. The molecule has 0 fully saturated rings. The zero-order valence-corrected chi connectivity index (χ0v) is 13.8. The molecule has 0 amide bonds. The molecule has 0 saturated carbocycles. The summed E-state index contributed by atoms with van der Waals surface area (Å²) in [7, 11) is -4.02. The highest BCUT2D eigenvalue weighted by Gasteiger charge is 2.19. The molecule has 0 aliphatic rings. The van der Waals surface area contributed by atoms with Crippen LogP contribution in [0.15, 0.2) is 41.3 Å². The fraction of sp³-hybridized carbons (Fsp3) is 0. The van der Waals surface area contributed by atoms with Crippen LogP contribution in [-0.2, 0) is 10.0 Å². The van der Waals surface area contributed by atoms with Crippen LogP contribution in [0.3, 0.4) is 0 Å². The van der Waals surface area contributed by atoms with E-state index in [0.717, 1.165) is 6.07 Å². The number of benzene rings is 2. The summed E-state index contributed by atoms with van der Waals surface area (Å²) in [5.74, 6) is -1.33. The monoisotopic (exact) mass is 379 g/mol. The molecule has 0 aliphatic heterocycles. The van der Waals surface area contributed by atoms with Gasteiger partial charge in [-0.05, 0) is 36.4 Å². The molecule has 0 aromatic heterocycles. The van der Waals surface area contributed by atoms with E-state index in [1.54, 1.807) is 0 Å². The second-order valence-electron chi connectivity index (χ2n) is 4.18. The zero-order chi connectivity index (χ0) is 16.5. The highest BCUT2D eigenvalue weighted by atomic mass is 35.5. The van der Waals surface area contributed by atoms with Crippen LogP contribution in [-0.4, -0.2) is 19.5 Å². The molecule has 0 atom stereocenters. The van der Waals surface area contributed by atoms with Crippen molar-refractivity contribution >= 4 is 56.5 Å². The molecule has 2 N–H and O–H groups in total. The van der Waals surface area contributed by atoms with Crippen molar-refractivity contribution in [2.75, 3.05) is 4.72 Å². The van der Waals surface area contributed by atoms with Crippen molar-refractivity contribution in [2.24, 2.45) is 0 Å². The highest BCUT2D eigenvalue weighted by molar-refractivity contribution is 7.92. The molecule has 0 spiro atoms. The summed E-state index contributed by atoms with van der Waals surface area (Å²) in [5.41, 5.74) is -0.190. The van der Waals surface area contributed by atoms with Crippen LogP contribution in [0.4, 0.5) is 5.69 Å². The van der Waals surface area contributed by atoms with E-state index in [4.69, 9.17) is 39.9 Å². The first-order valence-electron chi connectivity index (χ1n) is 5.71. The van der Waals surface area contributed by atoms with Crippen LogP contribution in [0, 0.1) is 0 Å². The van der Waals surface area contributed by atoms with Gasteiger partial charge in [-0.1, -0.05) is 34.8 Å². The molecule has 5 nitrogen and oxygen atoms in total. The first-order valence-corrected chi connectivity index (χ1v) is 8.33. The van der Waals surface area contributed by atoms with Gasteiger partial charge in [0.05, 0.1) is 26.2 Å². The van der Waals surface area contributed by atoms with Gasteiger partial charge in [-0.2, -0.15) is 0 Å². The second-order valence-corrected chi connectivity index (χ2v) is 7.11. The Morgan fingerprint density at radius 2 is 1.68 bits per heavy atom. The molecule has 0 saturated heterocycles. The maximum absolute atomic E-state index is 12.3. The summed E-state index contributed by atoms with van der Waals surface area (Å²) in [4.78, 5) is 10.8. The Balaban J connectivity index is 2.42. The molecular weight excluding hydrogens is 373 g/mol. The maximum Gasteiger partial charge on any atom is 0.337 e. The first kappa shape index (κ1) is 16.9. The summed E-state index contributed by atoms with van der Waals surface area (Å²) < 4.78 is 26.8. The van der Waals surface area contributed by atoms with Gasteiger partial charge in [0.2, 0.25) is 0 Å². The number of rotatable bonds is 4. The number of halogens is 3. The molecule has 22 heavy (non-hydrogen) atoms. The quantitative estimate of drug-likeness (QED) is 0.835. The van der Waals surface area contributed by atoms with E-state index in [9.17, 15) is 13.2 Å². The minimum Gasteiger partial charge on any atom is -0.478 e. The summed E-state index contributed by atoms with van der Waals surface area (Å²) in [5, 5.41) is 9.39. The van der Waals surface area contributed by atoms with Gasteiger partial charge in [-0.15, -0.1) is 0 Å². The Hall–Kier alpha value is -1.47. The van der Waals surface area contributed by atoms with Crippen molar-refractivity contribution in [2.45, 2.75) is 4.90 Å². The molecule has 0 radical (unpaired) electrons. The molecule has 0 unspecified atom stereocenters. The molecule has 116 valence electrons. The molecule has 0 heterocycles. The average molecular weight is 381 g/mol. The standard InChI is InChI=1S/C13H8Cl3NO4S/c14-7-1-4-12(11(16)5-7)17-22(20,21)8-2-3-10(15)9(6-8)13(18)19/h1-6,17H,(H,18,19). The molecule has 2 rings (SSSR count). The lowest BCUT2D eigenvalue weighted by Gasteiger charge is -2.10. The lowest BCUT2D eigenvalue weighted by molar-refractivity contribution is 0.0697. The molecule has 0 aliphatic carbocycles. The van der Waals surface area contributed by atoms with Crippen molar-refractivity contribution in [3.63, 3.8) is 0 Å². The van der Waals surface area contributed by atoms with Crippen LogP contribution >= 0.6 is 34.8 Å². The fourth-order valence-electron chi connectivity index (χ4n) is 1.61. The number of aromatic carboxylic acids is 1. The number of carbonyl (C=O) groups is 1. The zero-order valence-electron chi connectivity index (χ0n) is 10.7. The van der Waals surface area contributed by atoms with Crippen molar-refractivity contribution in [3.8, 4) is 0 Å². The van der Waals surface area contributed by atoms with Crippen LogP contribution < -0.4 is 4.72 Å². The molecule has 2 aromatic carbocycles.